The third-order valence-corrected chi connectivity index (χ3v) is 2.66. The Labute approximate surface area is 95.6 Å². The molecule has 0 aromatic carbocycles. The molecule has 4 nitrogen and oxygen atoms in total. The minimum atomic E-state index is -0.526. The van der Waals surface area contributed by atoms with E-state index in [9.17, 15) is 4.79 Å². The van der Waals surface area contributed by atoms with Crippen molar-refractivity contribution < 1.29 is 9.53 Å². The molecule has 2 rings (SSSR count). The van der Waals surface area contributed by atoms with Crippen LogP contribution >= 0.6 is 0 Å². The van der Waals surface area contributed by atoms with Crippen LogP contribution in [0.2, 0.25) is 0 Å². The van der Waals surface area contributed by atoms with Crippen LogP contribution in [0.25, 0.3) is 0 Å². The van der Waals surface area contributed by atoms with Crippen LogP contribution in [0.1, 0.15) is 39.3 Å². The first kappa shape index (κ1) is 11.2. The van der Waals surface area contributed by atoms with Gasteiger partial charge in [0.1, 0.15) is 5.60 Å². The van der Waals surface area contributed by atoms with E-state index in [1.54, 1.807) is 4.68 Å². The molecule has 1 aliphatic rings. The summed E-state index contributed by atoms with van der Waals surface area (Å²) in [6, 6.07) is 1.91. The van der Waals surface area contributed by atoms with E-state index in [0.29, 0.717) is 0 Å². The first-order valence-corrected chi connectivity index (χ1v) is 5.60. The SMILES string of the molecule is Cc1ccn(C2(C(=O)OC(C)(C)C)CC2)n1. The van der Waals surface area contributed by atoms with Crippen LogP contribution in [0.3, 0.4) is 0 Å². The standard InChI is InChI=1S/C12H18N2O2/c1-9-5-8-14(13-9)12(6-7-12)10(15)16-11(2,3)4/h5,8H,6-7H2,1-4H3. The highest BCUT2D eigenvalue weighted by Gasteiger charge is 2.55. The number of aryl methyl sites for hydroxylation is 1. The maximum Gasteiger partial charge on any atom is 0.334 e. The van der Waals surface area contributed by atoms with Crippen LogP contribution in [0, 0.1) is 6.92 Å². The van der Waals surface area contributed by atoms with Gasteiger partial charge in [-0.25, -0.2) is 4.79 Å². The number of hydrogen-bond acceptors (Lipinski definition) is 3. The minimum absolute atomic E-state index is 0.164. The van der Waals surface area contributed by atoms with Crippen LogP contribution in [0.15, 0.2) is 12.3 Å². The van der Waals surface area contributed by atoms with Gasteiger partial charge in [-0.05, 0) is 46.6 Å². The molecule has 0 spiro atoms. The Balaban J connectivity index is 2.17. The molecule has 0 bridgehead atoms. The lowest BCUT2D eigenvalue weighted by atomic mass is 10.2. The molecule has 1 fully saturated rings. The molecule has 0 atom stereocenters. The Morgan fingerprint density at radius 3 is 2.50 bits per heavy atom. The topological polar surface area (TPSA) is 44.1 Å². The van der Waals surface area contributed by atoms with E-state index in [1.165, 1.54) is 0 Å². The molecule has 1 aromatic rings. The number of rotatable bonds is 2. The van der Waals surface area contributed by atoms with E-state index in [2.05, 4.69) is 5.10 Å². The highest BCUT2D eigenvalue weighted by Crippen LogP contribution is 2.44. The quantitative estimate of drug-likeness (QED) is 0.719. The Morgan fingerprint density at radius 2 is 2.12 bits per heavy atom. The number of ether oxygens (including phenoxy) is 1. The molecule has 16 heavy (non-hydrogen) atoms. The highest BCUT2D eigenvalue weighted by atomic mass is 16.6. The Kier molecular flexibility index (Phi) is 2.33. The smallest absolute Gasteiger partial charge is 0.334 e. The minimum Gasteiger partial charge on any atom is -0.458 e. The van der Waals surface area contributed by atoms with Crippen LogP contribution < -0.4 is 0 Å². The van der Waals surface area contributed by atoms with Gasteiger partial charge in [-0.15, -0.1) is 0 Å². The summed E-state index contributed by atoms with van der Waals surface area (Å²) < 4.78 is 7.18. The van der Waals surface area contributed by atoms with Crippen molar-refractivity contribution in [2.45, 2.75) is 51.7 Å². The van der Waals surface area contributed by atoms with Gasteiger partial charge in [0.15, 0.2) is 5.54 Å². The zero-order chi connectivity index (χ0) is 12.0. The normalized spacial score (nSPS) is 18.2. The fourth-order valence-electron chi connectivity index (χ4n) is 1.67. The summed E-state index contributed by atoms with van der Waals surface area (Å²) in [7, 11) is 0. The van der Waals surface area contributed by atoms with Crippen molar-refractivity contribution in [1.82, 2.24) is 9.78 Å². The Bertz CT molecular complexity index is 411. The lowest BCUT2D eigenvalue weighted by Gasteiger charge is -2.23. The average Bonchev–Trinajstić information content (AvgIpc) is 2.82. The maximum absolute atomic E-state index is 12.1. The summed E-state index contributed by atoms with van der Waals surface area (Å²) in [6.45, 7) is 7.57. The summed E-state index contributed by atoms with van der Waals surface area (Å²) in [5.74, 6) is -0.164. The van der Waals surface area contributed by atoms with E-state index in [4.69, 9.17) is 4.74 Å². The Hall–Kier alpha value is -1.32. The third kappa shape index (κ3) is 1.96. The van der Waals surface area contributed by atoms with Crippen molar-refractivity contribution in [2.75, 3.05) is 0 Å². The van der Waals surface area contributed by atoms with Crippen LogP contribution in [0.5, 0.6) is 0 Å². The van der Waals surface area contributed by atoms with E-state index < -0.39 is 11.1 Å². The largest absolute Gasteiger partial charge is 0.458 e. The van der Waals surface area contributed by atoms with E-state index >= 15 is 0 Å². The van der Waals surface area contributed by atoms with E-state index in [0.717, 1.165) is 18.5 Å². The summed E-state index contributed by atoms with van der Waals surface area (Å²) in [5.41, 5.74) is -0.0361. The van der Waals surface area contributed by atoms with Crippen molar-refractivity contribution in [1.29, 1.82) is 0 Å². The van der Waals surface area contributed by atoms with E-state index in [-0.39, 0.29) is 5.97 Å². The molecule has 1 aromatic heterocycles. The molecule has 0 N–H and O–H groups in total. The van der Waals surface area contributed by atoms with Crippen LogP contribution in [-0.4, -0.2) is 21.4 Å². The molecule has 1 heterocycles. The van der Waals surface area contributed by atoms with Crippen molar-refractivity contribution in [3.63, 3.8) is 0 Å². The highest BCUT2D eigenvalue weighted by molar-refractivity contribution is 5.82. The fraction of sp³-hybridized carbons (Fsp3) is 0.667. The van der Waals surface area contributed by atoms with Gasteiger partial charge in [-0.2, -0.15) is 5.10 Å². The molecule has 0 unspecified atom stereocenters. The molecule has 1 saturated carbocycles. The zero-order valence-corrected chi connectivity index (χ0v) is 10.3. The summed E-state index contributed by atoms with van der Waals surface area (Å²) in [5, 5.41) is 4.31. The van der Waals surface area contributed by atoms with Crippen LogP contribution in [0.4, 0.5) is 0 Å². The van der Waals surface area contributed by atoms with Crippen molar-refractivity contribution in [2.24, 2.45) is 0 Å². The molecule has 0 saturated heterocycles. The lowest BCUT2D eigenvalue weighted by Crippen LogP contribution is -2.36. The molecular formula is C12H18N2O2. The number of aromatic nitrogens is 2. The molecular weight excluding hydrogens is 204 g/mol. The number of carbonyl (C=O) groups is 1. The van der Waals surface area contributed by atoms with Crippen molar-refractivity contribution in [3.8, 4) is 0 Å². The van der Waals surface area contributed by atoms with Crippen molar-refractivity contribution >= 4 is 5.97 Å². The third-order valence-electron chi connectivity index (χ3n) is 2.66. The second-order valence-corrected chi connectivity index (χ2v) is 5.44. The predicted octanol–water partition coefficient (Wildman–Crippen LogP) is 2.02. The first-order valence-electron chi connectivity index (χ1n) is 5.60. The van der Waals surface area contributed by atoms with Gasteiger partial charge in [0.25, 0.3) is 0 Å². The first-order chi connectivity index (χ1) is 7.33. The molecule has 0 aliphatic heterocycles. The fourth-order valence-corrected chi connectivity index (χ4v) is 1.67. The molecule has 4 heteroatoms. The monoisotopic (exact) mass is 222 g/mol. The van der Waals surface area contributed by atoms with Gasteiger partial charge in [-0.3, -0.25) is 4.68 Å². The van der Waals surface area contributed by atoms with Gasteiger partial charge in [0.2, 0.25) is 0 Å². The number of carbonyl (C=O) groups excluding carboxylic acids is 1. The van der Waals surface area contributed by atoms with Crippen LogP contribution in [-0.2, 0) is 15.1 Å². The summed E-state index contributed by atoms with van der Waals surface area (Å²) >= 11 is 0. The van der Waals surface area contributed by atoms with E-state index in [1.807, 2.05) is 40.0 Å². The second-order valence-electron chi connectivity index (χ2n) is 5.44. The number of nitrogens with zero attached hydrogens (tertiary/aromatic N) is 2. The molecule has 1 aliphatic carbocycles. The van der Waals surface area contributed by atoms with Gasteiger partial charge < -0.3 is 4.74 Å². The van der Waals surface area contributed by atoms with Gasteiger partial charge in [-0.1, -0.05) is 0 Å². The van der Waals surface area contributed by atoms with Gasteiger partial charge in [0, 0.05) is 6.20 Å². The summed E-state index contributed by atoms with van der Waals surface area (Å²) in [4.78, 5) is 12.1. The van der Waals surface area contributed by atoms with Gasteiger partial charge in [0.05, 0.1) is 5.69 Å². The number of hydrogen-bond donors (Lipinski definition) is 0. The second kappa shape index (κ2) is 3.34. The number of esters is 1. The summed E-state index contributed by atoms with van der Waals surface area (Å²) in [6.07, 6.45) is 3.50. The zero-order valence-electron chi connectivity index (χ0n) is 10.3. The Morgan fingerprint density at radius 1 is 1.50 bits per heavy atom. The average molecular weight is 222 g/mol. The molecule has 0 amide bonds. The van der Waals surface area contributed by atoms with Crippen molar-refractivity contribution in [3.05, 3.63) is 18.0 Å². The predicted molar refractivity (Wildman–Crippen MR) is 60.0 cm³/mol. The lowest BCUT2D eigenvalue weighted by molar-refractivity contribution is -0.161. The molecule has 88 valence electrons. The van der Waals surface area contributed by atoms with Gasteiger partial charge >= 0.3 is 5.97 Å². The maximum atomic E-state index is 12.1. The molecule has 0 radical (unpaired) electrons.